The van der Waals surface area contributed by atoms with E-state index in [0.717, 1.165) is 24.2 Å². The number of nitrogens with zero attached hydrogens (tertiary/aromatic N) is 3. The van der Waals surface area contributed by atoms with Gasteiger partial charge in [-0.25, -0.2) is 0 Å². The zero-order valence-electron chi connectivity index (χ0n) is 21.5. The quantitative estimate of drug-likeness (QED) is 0.233. The van der Waals surface area contributed by atoms with Crippen molar-refractivity contribution in [2.45, 2.75) is 85.7 Å². The largest absolute Gasteiger partial charge is 0.284 e. The van der Waals surface area contributed by atoms with E-state index in [1.54, 1.807) is 0 Å². The van der Waals surface area contributed by atoms with Gasteiger partial charge >= 0.3 is 0 Å². The maximum Gasteiger partial charge on any atom is 0.0929 e. The summed E-state index contributed by atoms with van der Waals surface area (Å²) in [5, 5.41) is 7.55. The monoisotopic (exact) mass is 447 g/mol. The molecule has 0 amide bonds. The number of unbranched alkanes of at least 4 members (excludes halogenated alkanes) is 2. The number of rotatable bonds is 15. The molecule has 2 aromatic carbocycles. The molecule has 1 aromatic heterocycles. The highest BCUT2D eigenvalue weighted by Crippen LogP contribution is 2.24. The van der Waals surface area contributed by atoms with Crippen LogP contribution >= 0.6 is 0 Å². The molecule has 0 aliphatic rings. The Bertz CT molecular complexity index is 926. The van der Waals surface area contributed by atoms with Gasteiger partial charge in [-0.3, -0.25) is 9.58 Å². The van der Waals surface area contributed by atoms with Gasteiger partial charge in [0.05, 0.1) is 12.4 Å². The third-order valence-electron chi connectivity index (χ3n) is 7.15. The topological polar surface area (TPSA) is 21.1 Å². The van der Waals surface area contributed by atoms with E-state index in [9.17, 15) is 0 Å². The lowest BCUT2D eigenvalue weighted by molar-refractivity contribution is 0.138. The van der Waals surface area contributed by atoms with Crippen molar-refractivity contribution < 1.29 is 0 Å². The highest BCUT2D eigenvalue weighted by Gasteiger charge is 2.18. The molecule has 3 aromatic rings. The van der Waals surface area contributed by atoms with Crippen LogP contribution in [0.2, 0.25) is 0 Å². The van der Waals surface area contributed by atoms with Crippen LogP contribution in [0.1, 0.15) is 79.1 Å². The van der Waals surface area contributed by atoms with Crippen LogP contribution in [-0.2, 0) is 6.67 Å². The van der Waals surface area contributed by atoms with Gasteiger partial charge in [-0.05, 0) is 47.6 Å². The molecule has 0 fully saturated rings. The van der Waals surface area contributed by atoms with Crippen LogP contribution in [-0.4, -0.2) is 27.8 Å². The summed E-state index contributed by atoms with van der Waals surface area (Å²) in [6, 6.07) is 17.4. The van der Waals surface area contributed by atoms with Gasteiger partial charge in [0.15, 0.2) is 0 Å². The van der Waals surface area contributed by atoms with E-state index in [4.69, 9.17) is 5.10 Å². The predicted octanol–water partition coefficient (Wildman–Crippen LogP) is 8.40. The number of hydrogen-bond donors (Lipinski definition) is 0. The van der Waals surface area contributed by atoms with Crippen molar-refractivity contribution in [2.75, 3.05) is 13.1 Å². The van der Waals surface area contributed by atoms with Crippen molar-refractivity contribution in [2.24, 2.45) is 11.8 Å². The second-order valence-corrected chi connectivity index (χ2v) is 9.81. The Labute approximate surface area is 202 Å². The molecule has 1 heterocycles. The number of hydrogen-bond acceptors (Lipinski definition) is 2. The molecule has 3 nitrogen and oxygen atoms in total. The minimum Gasteiger partial charge on any atom is -0.284 e. The summed E-state index contributed by atoms with van der Waals surface area (Å²) >= 11 is 0. The van der Waals surface area contributed by atoms with E-state index in [1.165, 1.54) is 80.8 Å². The van der Waals surface area contributed by atoms with Gasteiger partial charge in [0.25, 0.3) is 0 Å². The van der Waals surface area contributed by atoms with Crippen LogP contribution in [0.3, 0.4) is 0 Å². The molecule has 2 unspecified atom stereocenters. The predicted molar refractivity (Wildman–Crippen MR) is 143 cm³/mol. The van der Waals surface area contributed by atoms with Gasteiger partial charge in [0.1, 0.15) is 0 Å². The number of benzene rings is 2. The van der Waals surface area contributed by atoms with Crippen LogP contribution in [0.15, 0.2) is 54.7 Å². The van der Waals surface area contributed by atoms with Gasteiger partial charge in [-0.15, -0.1) is 0 Å². The lowest BCUT2D eigenvalue weighted by Gasteiger charge is -2.30. The molecule has 33 heavy (non-hydrogen) atoms. The summed E-state index contributed by atoms with van der Waals surface area (Å²) in [5.41, 5.74) is 2.26. The van der Waals surface area contributed by atoms with E-state index in [-0.39, 0.29) is 0 Å². The van der Waals surface area contributed by atoms with Gasteiger partial charge < -0.3 is 0 Å². The molecule has 3 heteroatoms. The number of fused-ring (bicyclic) bond motifs is 1. The van der Waals surface area contributed by atoms with Crippen LogP contribution in [0, 0.1) is 11.8 Å². The lowest BCUT2D eigenvalue weighted by Crippen LogP contribution is -2.35. The third kappa shape index (κ3) is 7.71. The molecule has 0 saturated heterocycles. The van der Waals surface area contributed by atoms with Crippen molar-refractivity contribution in [1.29, 1.82) is 0 Å². The smallest absolute Gasteiger partial charge is 0.0929 e. The maximum atomic E-state index is 4.99. The van der Waals surface area contributed by atoms with Crippen LogP contribution in [0.25, 0.3) is 22.0 Å². The lowest BCUT2D eigenvalue weighted by atomic mass is 9.96. The minimum absolute atomic E-state index is 0.782. The van der Waals surface area contributed by atoms with E-state index in [1.807, 2.05) is 0 Å². The molecular weight excluding hydrogens is 402 g/mol. The minimum atomic E-state index is 0.782. The third-order valence-corrected chi connectivity index (χ3v) is 7.15. The summed E-state index contributed by atoms with van der Waals surface area (Å²) in [7, 11) is 0. The van der Waals surface area contributed by atoms with Crippen molar-refractivity contribution in [3.8, 4) is 11.3 Å². The van der Waals surface area contributed by atoms with E-state index >= 15 is 0 Å². The molecule has 0 N–H and O–H groups in total. The molecule has 0 radical (unpaired) electrons. The van der Waals surface area contributed by atoms with Gasteiger partial charge in [0, 0.05) is 24.8 Å². The Kier molecular flexibility index (Phi) is 10.5. The second-order valence-electron chi connectivity index (χ2n) is 9.81. The van der Waals surface area contributed by atoms with E-state index < -0.39 is 0 Å². The summed E-state index contributed by atoms with van der Waals surface area (Å²) in [6.07, 6.45) is 12.6. The molecule has 0 aliphatic heterocycles. The van der Waals surface area contributed by atoms with Crippen molar-refractivity contribution >= 4 is 10.8 Å². The summed E-state index contributed by atoms with van der Waals surface area (Å²) in [5.74, 6) is 1.56. The van der Waals surface area contributed by atoms with Crippen LogP contribution in [0.5, 0.6) is 0 Å². The Hall–Kier alpha value is -2.13. The molecule has 0 spiro atoms. The molecule has 0 aliphatic carbocycles. The summed E-state index contributed by atoms with van der Waals surface area (Å²) < 4.78 is 2.16. The van der Waals surface area contributed by atoms with Crippen LogP contribution < -0.4 is 0 Å². The molecule has 0 saturated carbocycles. The normalized spacial score (nSPS) is 13.6. The summed E-state index contributed by atoms with van der Waals surface area (Å²) in [4.78, 5) is 2.69. The van der Waals surface area contributed by atoms with Gasteiger partial charge in [-0.2, -0.15) is 5.10 Å². The fourth-order valence-electron chi connectivity index (χ4n) is 4.90. The van der Waals surface area contributed by atoms with E-state index in [2.05, 4.69) is 92.0 Å². The average molecular weight is 448 g/mol. The highest BCUT2D eigenvalue weighted by atomic mass is 15.4. The standard InChI is InChI=1S/C30H45N3/c1-5-9-13-25(7-3)22-32(23-26(8-4)14-10-6-2)24-33-20-19-30(31-33)29-18-17-27-15-11-12-16-28(27)21-29/h11-12,15-21,25-26H,5-10,13-14,22-24H2,1-4H3. The van der Waals surface area contributed by atoms with Crippen molar-refractivity contribution in [3.63, 3.8) is 0 Å². The Morgan fingerprint density at radius 3 is 2.03 bits per heavy atom. The first-order valence-corrected chi connectivity index (χ1v) is 13.4. The fraction of sp³-hybridized carbons (Fsp3) is 0.567. The number of aromatic nitrogens is 2. The first-order valence-electron chi connectivity index (χ1n) is 13.4. The fourth-order valence-corrected chi connectivity index (χ4v) is 4.90. The van der Waals surface area contributed by atoms with E-state index in [0.29, 0.717) is 0 Å². The second kappa shape index (κ2) is 13.5. The summed E-state index contributed by atoms with van der Waals surface area (Å²) in [6.45, 7) is 12.6. The zero-order valence-corrected chi connectivity index (χ0v) is 21.5. The molecule has 0 bridgehead atoms. The highest BCUT2D eigenvalue weighted by molar-refractivity contribution is 5.86. The van der Waals surface area contributed by atoms with Crippen molar-refractivity contribution in [1.82, 2.24) is 14.7 Å². The first kappa shape index (κ1) is 25.5. The molecular formula is C30H45N3. The van der Waals surface area contributed by atoms with Crippen LogP contribution in [0.4, 0.5) is 0 Å². The molecule has 2 atom stereocenters. The first-order chi connectivity index (χ1) is 16.2. The SMILES string of the molecule is CCCCC(CC)CN(CC(CC)CCCC)Cn1ccc(-c2ccc3ccccc3c2)n1. The Morgan fingerprint density at radius 2 is 1.42 bits per heavy atom. The average Bonchev–Trinajstić information content (AvgIpc) is 3.32. The van der Waals surface area contributed by atoms with Gasteiger partial charge in [-0.1, -0.05) is 103 Å². The van der Waals surface area contributed by atoms with Gasteiger partial charge in [0.2, 0.25) is 0 Å². The van der Waals surface area contributed by atoms with Crippen molar-refractivity contribution in [3.05, 3.63) is 54.7 Å². The molecule has 180 valence electrons. The Balaban J connectivity index is 1.74. The zero-order chi connectivity index (χ0) is 23.5. The molecule has 3 rings (SSSR count). The maximum absolute atomic E-state index is 4.99. The Morgan fingerprint density at radius 1 is 0.788 bits per heavy atom.